The third-order valence-electron chi connectivity index (χ3n) is 13.7. The minimum atomic E-state index is 0.620. The highest BCUT2D eigenvalue weighted by atomic mass is 15.1. The molecule has 3 heterocycles. The number of hydrogen-bond acceptors (Lipinski definition) is 3. The molecule has 0 spiro atoms. The molecule has 0 N–H and O–H groups in total. The van der Waals surface area contributed by atoms with Crippen molar-refractivity contribution in [2.24, 2.45) is 0 Å². The summed E-state index contributed by atoms with van der Waals surface area (Å²) >= 11 is 0. The maximum absolute atomic E-state index is 5.40. The summed E-state index contributed by atoms with van der Waals surface area (Å²) in [6.45, 7) is 0. The lowest BCUT2D eigenvalue weighted by Crippen LogP contribution is -2.02. The number of hydrogen-bond donors (Lipinski definition) is 0. The smallest absolute Gasteiger partial charge is 0.164 e. The van der Waals surface area contributed by atoms with Crippen LogP contribution in [0.25, 0.3) is 133 Å². The van der Waals surface area contributed by atoms with E-state index in [4.69, 9.17) is 15.0 Å². The minimum Gasteiger partial charge on any atom is -0.307 e. The molecule has 14 aromatic rings. The zero-order valence-corrected chi connectivity index (χ0v) is 36.8. The molecule has 5 heteroatoms. The van der Waals surface area contributed by atoms with Crippen LogP contribution < -0.4 is 0 Å². The summed E-state index contributed by atoms with van der Waals surface area (Å²) in [5, 5.41) is 11.5. The number of benzene rings is 11. The molecule has 0 saturated heterocycles. The molecule has 316 valence electrons. The molecule has 0 fully saturated rings. The van der Waals surface area contributed by atoms with Gasteiger partial charge in [-0.15, -0.1) is 0 Å². The quantitative estimate of drug-likeness (QED) is 0.156. The maximum atomic E-state index is 5.40. The molecule has 11 aromatic carbocycles. The van der Waals surface area contributed by atoms with Crippen LogP contribution in [0, 0.1) is 0 Å². The Bertz CT molecular complexity index is 4330. The molecule has 0 amide bonds. The summed E-state index contributed by atoms with van der Waals surface area (Å²) in [6.07, 6.45) is 0. The standard InChI is InChI=1S/C63H39N5/c1-2-17-40(18-3-1)42-22-14-23-45(37-42)67-56-32-12-10-28-50(56)52-30-16-34-59(60(52)67)68-57-33-13-11-29-51(57)54-39-44(35-36-58(54)68)61-64-62(53-31-15-21-41-19-4-6-24-46(41)53)66-63(65-61)55-38-43-20-5-7-25-47(43)48-26-8-9-27-49(48)55/h1-39H. The van der Waals surface area contributed by atoms with Crippen molar-refractivity contribution in [3.05, 3.63) is 237 Å². The van der Waals surface area contributed by atoms with Gasteiger partial charge in [0, 0.05) is 43.9 Å². The van der Waals surface area contributed by atoms with Gasteiger partial charge in [-0.2, -0.15) is 0 Å². The number of aromatic nitrogens is 5. The van der Waals surface area contributed by atoms with Crippen molar-refractivity contribution in [3.63, 3.8) is 0 Å². The molecule has 0 aliphatic carbocycles. The monoisotopic (exact) mass is 865 g/mol. The first kappa shape index (κ1) is 38.1. The molecule has 0 bridgehead atoms. The molecular formula is C63H39N5. The second kappa shape index (κ2) is 15.2. The molecule has 0 saturated carbocycles. The average molecular weight is 866 g/mol. The van der Waals surface area contributed by atoms with Gasteiger partial charge in [0.15, 0.2) is 17.5 Å². The Morgan fingerprint density at radius 1 is 0.265 bits per heavy atom. The highest BCUT2D eigenvalue weighted by Gasteiger charge is 2.22. The van der Waals surface area contributed by atoms with Gasteiger partial charge in [0.2, 0.25) is 0 Å². The van der Waals surface area contributed by atoms with Gasteiger partial charge >= 0.3 is 0 Å². The number of rotatable bonds is 6. The van der Waals surface area contributed by atoms with Crippen molar-refractivity contribution in [2.45, 2.75) is 0 Å². The molecule has 0 atom stereocenters. The Labute approximate surface area is 391 Å². The third-order valence-corrected chi connectivity index (χ3v) is 13.7. The van der Waals surface area contributed by atoms with E-state index in [-0.39, 0.29) is 0 Å². The number of nitrogens with zero attached hydrogens (tertiary/aromatic N) is 5. The zero-order valence-electron chi connectivity index (χ0n) is 36.8. The normalized spacial score (nSPS) is 11.8. The minimum absolute atomic E-state index is 0.620. The van der Waals surface area contributed by atoms with Crippen LogP contribution in [0.4, 0.5) is 0 Å². The van der Waals surface area contributed by atoms with Crippen molar-refractivity contribution in [1.29, 1.82) is 0 Å². The molecule has 0 aliphatic rings. The van der Waals surface area contributed by atoms with E-state index in [0.29, 0.717) is 17.5 Å². The second-order valence-electron chi connectivity index (χ2n) is 17.6. The van der Waals surface area contributed by atoms with Crippen LogP contribution in [-0.2, 0) is 0 Å². The summed E-state index contributed by atoms with van der Waals surface area (Å²) in [5.41, 5.74) is 12.0. The van der Waals surface area contributed by atoms with Crippen LogP contribution in [0.5, 0.6) is 0 Å². The molecule has 5 nitrogen and oxygen atoms in total. The van der Waals surface area contributed by atoms with E-state index in [1.807, 2.05) is 0 Å². The zero-order chi connectivity index (χ0) is 44.7. The Morgan fingerprint density at radius 2 is 0.824 bits per heavy atom. The molecule has 14 rings (SSSR count). The SMILES string of the molecule is c1ccc(-c2cccc(-n3c4ccccc4c4cccc(-n5c6ccccc6c6cc(-c7nc(-c8cccc9ccccc89)nc(-c8cc9ccccc9c9ccccc89)n7)ccc65)c43)c2)cc1. The Kier molecular flexibility index (Phi) is 8.52. The lowest BCUT2D eigenvalue weighted by Gasteiger charge is -2.15. The fraction of sp³-hybridized carbons (Fsp3) is 0. The predicted molar refractivity (Wildman–Crippen MR) is 283 cm³/mol. The van der Waals surface area contributed by atoms with Gasteiger partial charge in [-0.05, 0) is 98.0 Å². The van der Waals surface area contributed by atoms with Gasteiger partial charge < -0.3 is 9.13 Å². The summed E-state index contributed by atoms with van der Waals surface area (Å²) in [7, 11) is 0. The largest absolute Gasteiger partial charge is 0.307 e. The van der Waals surface area contributed by atoms with E-state index >= 15 is 0 Å². The van der Waals surface area contributed by atoms with Crippen LogP contribution in [0.1, 0.15) is 0 Å². The first-order valence-corrected chi connectivity index (χ1v) is 23.1. The van der Waals surface area contributed by atoms with Crippen LogP contribution in [0.3, 0.4) is 0 Å². The summed E-state index contributed by atoms with van der Waals surface area (Å²) in [6, 6.07) is 84.6. The second-order valence-corrected chi connectivity index (χ2v) is 17.6. The van der Waals surface area contributed by atoms with E-state index in [1.165, 1.54) is 32.7 Å². The summed E-state index contributed by atoms with van der Waals surface area (Å²) < 4.78 is 4.88. The van der Waals surface area contributed by atoms with Gasteiger partial charge in [-0.3, -0.25) is 0 Å². The van der Waals surface area contributed by atoms with Crippen molar-refractivity contribution in [1.82, 2.24) is 24.1 Å². The van der Waals surface area contributed by atoms with E-state index in [1.54, 1.807) is 0 Å². The fourth-order valence-corrected chi connectivity index (χ4v) is 10.7. The van der Waals surface area contributed by atoms with Crippen LogP contribution in [0.2, 0.25) is 0 Å². The third kappa shape index (κ3) is 5.93. The Hall–Kier alpha value is -9.19. The van der Waals surface area contributed by atoms with E-state index in [0.717, 1.165) is 82.4 Å². The highest BCUT2D eigenvalue weighted by molar-refractivity contribution is 6.16. The van der Waals surface area contributed by atoms with Crippen LogP contribution >= 0.6 is 0 Å². The van der Waals surface area contributed by atoms with E-state index < -0.39 is 0 Å². The first-order valence-electron chi connectivity index (χ1n) is 23.1. The fourth-order valence-electron chi connectivity index (χ4n) is 10.7. The van der Waals surface area contributed by atoms with Crippen molar-refractivity contribution >= 4 is 75.9 Å². The lowest BCUT2D eigenvalue weighted by molar-refractivity contribution is 1.08. The molecule has 0 aliphatic heterocycles. The van der Waals surface area contributed by atoms with E-state index in [9.17, 15) is 0 Å². The maximum Gasteiger partial charge on any atom is 0.164 e. The van der Waals surface area contributed by atoms with E-state index in [2.05, 4.69) is 246 Å². The van der Waals surface area contributed by atoms with Gasteiger partial charge in [-0.25, -0.2) is 15.0 Å². The highest BCUT2D eigenvalue weighted by Crippen LogP contribution is 2.42. The summed E-state index contributed by atoms with van der Waals surface area (Å²) in [4.78, 5) is 16.1. The molecule has 0 unspecified atom stereocenters. The lowest BCUT2D eigenvalue weighted by atomic mass is 9.96. The van der Waals surface area contributed by atoms with Crippen molar-refractivity contribution in [2.75, 3.05) is 0 Å². The predicted octanol–water partition coefficient (Wildman–Crippen LogP) is 16.2. The number of fused-ring (bicyclic) bond motifs is 10. The molecule has 3 aromatic heterocycles. The summed E-state index contributed by atoms with van der Waals surface area (Å²) in [5.74, 6) is 1.89. The van der Waals surface area contributed by atoms with Gasteiger partial charge in [-0.1, -0.05) is 182 Å². The van der Waals surface area contributed by atoms with Gasteiger partial charge in [0.05, 0.1) is 27.8 Å². The van der Waals surface area contributed by atoms with Crippen molar-refractivity contribution < 1.29 is 0 Å². The molecular weight excluding hydrogens is 827 g/mol. The Morgan fingerprint density at radius 3 is 1.65 bits per heavy atom. The number of para-hydroxylation sites is 3. The van der Waals surface area contributed by atoms with Crippen LogP contribution in [-0.4, -0.2) is 24.1 Å². The molecule has 0 radical (unpaired) electrons. The topological polar surface area (TPSA) is 48.5 Å². The van der Waals surface area contributed by atoms with Crippen molar-refractivity contribution in [3.8, 4) is 56.7 Å². The van der Waals surface area contributed by atoms with Gasteiger partial charge in [0.25, 0.3) is 0 Å². The average Bonchev–Trinajstić information content (AvgIpc) is 3.93. The van der Waals surface area contributed by atoms with Crippen LogP contribution in [0.15, 0.2) is 237 Å². The molecule has 68 heavy (non-hydrogen) atoms. The first-order chi connectivity index (χ1) is 33.7. The van der Waals surface area contributed by atoms with Gasteiger partial charge in [0.1, 0.15) is 0 Å². The Balaban J connectivity index is 1.01.